The monoisotopic (exact) mass is 470 g/mol. The molecule has 3 heteroatoms. The summed E-state index contributed by atoms with van der Waals surface area (Å²) in [5.74, 6) is 0. The number of rotatable bonds is 3. The first-order chi connectivity index (χ1) is 12.3. The van der Waals surface area contributed by atoms with Gasteiger partial charge < -0.3 is 0 Å². The van der Waals surface area contributed by atoms with Crippen LogP contribution in [-0.4, -0.2) is 6.29 Å². The van der Waals surface area contributed by atoms with Crippen LogP contribution in [0.2, 0.25) is 0 Å². The summed E-state index contributed by atoms with van der Waals surface area (Å²) in [7, 11) is 0. The zero-order valence-corrected chi connectivity index (χ0v) is 18.2. The Hall–Kier alpha value is -1.71. The SMILES string of the molecule is CC(C)(C)c1ccc(C=O)c(-c2cc(Br)ccc2-c2ccc(Br)cc2)c1. The summed E-state index contributed by atoms with van der Waals surface area (Å²) in [6.07, 6.45) is 0.939. The third-order valence-electron chi connectivity index (χ3n) is 4.47. The van der Waals surface area contributed by atoms with Crippen molar-refractivity contribution in [1.29, 1.82) is 0 Å². The fourth-order valence-electron chi connectivity index (χ4n) is 2.98. The van der Waals surface area contributed by atoms with Gasteiger partial charge in [0.25, 0.3) is 0 Å². The molecule has 0 atom stereocenters. The number of carbonyl (C=O) groups is 1. The van der Waals surface area contributed by atoms with Gasteiger partial charge in [-0.3, -0.25) is 4.79 Å². The number of halogens is 2. The summed E-state index contributed by atoms with van der Waals surface area (Å²) in [6.45, 7) is 6.55. The van der Waals surface area contributed by atoms with Crippen molar-refractivity contribution in [1.82, 2.24) is 0 Å². The highest BCUT2D eigenvalue weighted by atomic mass is 79.9. The van der Waals surface area contributed by atoms with Crippen LogP contribution in [-0.2, 0) is 5.41 Å². The van der Waals surface area contributed by atoms with E-state index in [9.17, 15) is 4.79 Å². The van der Waals surface area contributed by atoms with E-state index in [1.165, 1.54) is 5.56 Å². The van der Waals surface area contributed by atoms with Gasteiger partial charge in [0.15, 0.2) is 6.29 Å². The number of benzene rings is 3. The standard InChI is InChI=1S/C23H20Br2O/c1-23(2,3)17-7-4-16(14-26)21(12-17)22-13-19(25)10-11-20(22)15-5-8-18(24)9-6-15/h4-14H,1-3H3. The molecule has 0 unspecified atom stereocenters. The van der Waals surface area contributed by atoms with Crippen LogP contribution >= 0.6 is 31.9 Å². The largest absolute Gasteiger partial charge is 0.298 e. The molecule has 3 rings (SSSR count). The van der Waals surface area contributed by atoms with Crippen molar-refractivity contribution in [2.24, 2.45) is 0 Å². The van der Waals surface area contributed by atoms with E-state index < -0.39 is 0 Å². The molecule has 0 saturated carbocycles. The van der Waals surface area contributed by atoms with Crippen molar-refractivity contribution in [3.05, 3.63) is 80.7 Å². The average molecular weight is 472 g/mol. The van der Waals surface area contributed by atoms with Crippen molar-refractivity contribution < 1.29 is 4.79 Å². The maximum Gasteiger partial charge on any atom is 0.150 e. The second-order valence-corrected chi connectivity index (χ2v) is 9.20. The van der Waals surface area contributed by atoms with Gasteiger partial charge in [-0.15, -0.1) is 0 Å². The van der Waals surface area contributed by atoms with E-state index in [-0.39, 0.29) is 5.41 Å². The topological polar surface area (TPSA) is 17.1 Å². The third kappa shape index (κ3) is 3.99. The van der Waals surface area contributed by atoms with Gasteiger partial charge in [0.2, 0.25) is 0 Å². The van der Waals surface area contributed by atoms with E-state index >= 15 is 0 Å². The van der Waals surface area contributed by atoms with Gasteiger partial charge in [0, 0.05) is 14.5 Å². The highest BCUT2D eigenvalue weighted by Crippen LogP contribution is 2.38. The van der Waals surface area contributed by atoms with Gasteiger partial charge in [-0.1, -0.05) is 83.0 Å². The van der Waals surface area contributed by atoms with Crippen LogP contribution in [0.5, 0.6) is 0 Å². The Kier molecular flexibility index (Phi) is 5.50. The molecular weight excluding hydrogens is 452 g/mol. The lowest BCUT2D eigenvalue weighted by molar-refractivity contribution is 0.112. The molecule has 1 nitrogen and oxygen atoms in total. The molecule has 0 radical (unpaired) electrons. The first-order valence-corrected chi connectivity index (χ1v) is 10.0. The molecule has 0 aromatic heterocycles. The Morgan fingerprint density at radius 2 is 1.38 bits per heavy atom. The van der Waals surface area contributed by atoms with Crippen molar-refractivity contribution in [3.8, 4) is 22.3 Å². The molecular formula is C23H20Br2O. The van der Waals surface area contributed by atoms with Gasteiger partial charge in [-0.25, -0.2) is 0 Å². The Balaban J connectivity index is 2.28. The van der Waals surface area contributed by atoms with Crippen molar-refractivity contribution in [3.63, 3.8) is 0 Å². The average Bonchev–Trinajstić information content (AvgIpc) is 2.61. The predicted molar refractivity (Wildman–Crippen MR) is 117 cm³/mol. The molecule has 0 aliphatic rings. The van der Waals surface area contributed by atoms with Crippen LogP contribution in [0.4, 0.5) is 0 Å². The lowest BCUT2D eigenvalue weighted by Crippen LogP contribution is -2.11. The molecule has 0 aliphatic carbocycles. The molecule has 0 N–H and O–H groups in total. The molecule has 132 valence electrons. The van der Waals surface area contributed by atoms with E-state index in [0.717, 1.165) is 37.5 Å². The van der Waals surface area contributed by atoms with E-state index in [2.05, 4.69) is 83.0 Å². The maximum absolute atomic E-state index is 11.7. The highest BCUT2D eigenvalue weighted by Gasteiger charge is 2.18. The van der Waals surface area contributed by atoms with E-state index in [0.29, 0.717) is 5.56 Å². The first kappa shape index (κ1) is 19.1. The van der Waals surface area contributed by atoms with E-state index in [1.807, 2.05) is 30.3 Å². The number of aldehydes is 1. The summed E-state index contributed by atoms with van der Waals surface area (Å²) in [4.78, 5) is 11.7. The molecule has 0 spiro atoms. The zero-order valence-electron chi connectivity index (χ0n) is 15.0. The minimum atomic E-state index is 0.0138. The second-order valence-electron chi connectivity index (χ2n) is 7.37. The van der Waals surface area contributed by atoms with Crippen LogP contribution < -0.4 is 0 Å². The van der Waals surface area contributed by atoms with Gasteiger partial charge in [0.1, 0.15) is 0 Å². The van der Waals surface area contributed by atoms with Gasteiger partial charge in [-0.2, -0.15) is 0 Å². The lowest BCUT2D eigenvalue weighted by atomic mass is 9.83. The molecule has 3 aromatic rings. The smallest absolute Gasteiger partial charge is 0.150 e. The lowest BCUT2D eigenvalue weighted by Gasteiger charge is -2.21. The fraction of sp³-hybridized carbons (Fsp3) is 0.174. The highest BCUT2D eigenvalue weighted by molar-refractivity contribution is 9.10. The zero-order chi connectivity index (χ0) is 18.9. The Labute approximate surface area is 171 Å². The minimum Gasteiger partial charge on any atom is -0.298 e. The second kappa shape index (κ2) is 7.50. The van der Waals surface area contributed by atoms with Crippen LogP contribution in [0, 0.1) is 0 Å². The Bertz CT molecular complexity index is 951. The van der Waals surface area contributed by atoms with Gasteiger partial charge in [0.05, 0.1) is 0 Å². The summed E-state index contributed by atoms with van der Waals surface area (Å²) in [5.41, 5.74) is 6.17. The van der Waals surface area contributed by atoms with Crippen LogP contribution in [0.1, 0.15) is 36.7 Å². The maximum atomic E-state index is 11.7. The van der Waals surface area contributed by atoms with Crippen molar-refractivity contribution in [2.45, 2.75) is 26.2 Å². The molecule has 3 aromatic carbocycles. The molecule has 0 heterocycles. The van der Waals surface area contributed by atoms with E-state index in [1.54, 1.807) is 0 Å². The van der Waals surface area contributed by atoms with Gasteiger partial charge in [-0.05, 0) is 63.6 Å². The van der Waals surface area contributed by atoms with Crippen LogP contribution in [0.3, 0.4) is 0 Å². The third-order valence-corrected chi connectivity index (χ3v) is 5.50. The molecule has 0 fully saturated rings. The number of hydrogen-bond acceptors (Lipinski definition) is 1. The van der Waals surface area contributed by atoms with Crippen LogP contribution in [0.15, 0.2) is 69.6 Å². The van der Waals surface area contributed by atoms with Crippen LogP contribution in [0.25, 0.3) is 22.3 Å². The molecule has 0 aliphatic heterocycles. The predicted octanol–water partition coefficient (Wildman–Crippen LogP) is 7.66. The summed E-state index contributed by atoms with van der Waals surface area (Å²) >= 11 is 7.08. The molecule has 26 heavy (non-hydrogen) atoms. The Morgan fingerprint density at radius 1 is 0.731 bits per heavy atom. The molecule has 0 amide bonds. The number of hydrogen-bond donors (Lipinski definition) is 0. The Morgan fingerprint density at radius 3 is 2.00 bits per heavy atom. The molecule has 0 saturated heterocycles. The summed E-state index contributed by atoms with van der Waals surface area (Å²) in [5, 5.41) is 0. The quantitative estimate of drug-likeness (QED) is 0.358. The summed E-state index contributed by atoms with van der Waals surface area (Å²) in [6, 6.07) is 20.6. The summed E-state index contributed by atoms with van der Waals surface area (Å²) < 4.78 is 2.04. The first-order valence-electron chi connectivity index (χ1n) is 8.45. The van der Waals surface area contributed by atoms with Crippen molar-refractivity contribution in [2.75, 3.05) is 0 Å². The number of carbonyl (C=O) groups excluding carboxylic acids is 1. The van der Waals surface area contributed by atoms with Gasteiger partial charge >= 0.3 is 0 Å². The normalized spacial score (nSPS) is 11.4. The molecule has 0 bridgehead atoms. The fourth-order valence-corrected chi connectivity index (χ4v) is 3.60. The van der Waals surface area contributed by atoms with Crippen molar-refractivity contribution >= 4 is 38.1 Å². The minimum absolute atomic E-state index is 0.0138. The van der Waals surface area contributed by atoms with E-state index in [4.69, 9.17) is 0 Å².